The molecule has 0 aliphatic carbocycles. The van der Waals surface area contributed by atoms with Gasteiger partial charge in [0.2, 0.25) is 11.8 Å². The van der Waals surface area contributed by atoms with Crippen molar-refractivity contribution in [3.8, 4) is 0 Å². The Kier molecular flexibility index (Phi) is 11.9. The first-order valence-corrected chi connectivity index (χ1v) is 17.3. The van der Waals surface area contributed by atoms with Gasteiger partial charge in [0.25, 0.3) is 10.0 Å². The smallest absolute Gasteiger partial charge is 0.264 e. The maximum Gasteiger partial charge on any atom is 0.264 e. The van der Waals surface area contributed by atoms with E-state index in [1.54, 1.807) is 42.5 Å². The molecule has 0 aromatic heterocycles. The fourth-order valence-electron chi connectivity index (χ4n) is 5.13. The fourth-order valence-corrected chi connectivity index (χ4v) is 7.12. The molecule has 0 aliphatic rings. The van der Waals surface area contributed by atoms with Gasteiger partial charge in [0.15, 0.2) is 0 Å². The van der Waals surface area contributed by atoms with Gasteiger partial charge in [-0.25, -0.2) is 8.42 Å². The van der Waals surface area contributed by atoms with Gasteiger partial charge in [-0.2, -0.15) is 0 Å². The molecule has 242 valence electrons. The third-order valence-electron chi connectivity index (χ3n) is 7.94. The SMILES string of the molecule is CCCNC(=O)C(Cc1ccccc1)N(Cc1c(Cl)cccc1Cl)C(=O)CN(c1cccc(C)c1C)S(=O)(=O)c1ccc(C)cc1. The molecule has 0 fully saturated rings. The lowest BCUT2D eigenvalue weighted by atomic mass is 10.0. The number of sulfonamides is 1. The summed E-state index contributed by atoms with van der Waals surface area (Å²) in [6.07, 6.45) is 0.891. The predicted molar refractivity (Wildman–Crippen MR) is 186 cm³/mol. The molecule has 0 radical (unpaired) electrons. The standard InChI is InChI=1S/C36H39Cl2N3O4S/c1-5-21-39-36(43)34(22-28-12-7-6-8-13-28)40(23-30-31(37)14-10-15-32(30)38)35(42)24-41(33-16-9-11-26(3)27(33)4)46(44,45)29-19-17-25(2)18-20-29/h6-20,34H,5,21-24H2,1-4H3,(H,39,43). The van der Waals surface area contributed by atoms with Crippen LogP contribution in [0, 0.1) is 20.8 Å². The number of nitrogens with one attached hydrogen (secondary N) is 1. The molecule has 0 heterocycles. The Morgan fingerprint density at radius 3 is 2.09 bits per heavy atom. The number of hydrogen-bond acceptors (Lipinski definition) is 4. The average Bonchev–Trinajstić information content (AvgIpc) is 3.03. The first-order valence-electron chi connectivity index (χ1n) is 15.1. The largest absolute Gasteiger partial charge is 0.354 e. The quantitative estimate of drug-likeness (QED) is 0.161. The van der Waals surface area contributed by atoms with E-state index in [9.17, 15) is 18.0 Å². The molecule has 1 atom stereocenters. The second kappa shape index (κ2) is 15.6. The van der Waals surface area contributed by atoms with Gasteiger partial charge < -0.3 is 10.2 Å². The number of rotatable bonds is 13. The van der Waals surface area contributed by atoms with Crippen molar-refractivity contribution in [3.63, 3.8) is 0 Å². The molecular weight excluding hydrogens is 641 g/mol. The number of carbonyl (C=O) groups is 2. The Morgan fingerprint density at radius 1 is 0.826 bits per heavy atom. The second-order valence-corrected chi connectivity index (χ2v) is 13.9. The van der Waals surface area contributed by atoms with Crippen molar-refractivity contribution < 1.29 is 18.0 Å². The van der Waals surface area contributed by atoms with Crippen molar-refractivity contribution in [2.45, 2.75) is 58.0 Å². The Morgan fingerprint density at radius 2 is 1.46 bits per heavy atom. The Balaban J connectivity index is 1.86. The highest BCUT2D eigenvalue weighted by atomic mass is 35.5. The van der Waals surface area contributed by atoms with Gasteiger partial charge in [-0.3, -0.25) is 13.9 Å². The molecule has 4 aromatic rings. The summed E-state index contributed by atoms with van der Waals surface area (Å²) >= 11 is 13.2. The van der Waals surface area contributed by atoms with E-state index in [1.165, 1.54) is 17.0 Å². The lowest BCUT2D eigenvalue weighted by Crippen LogP contribution is -2.53. The number of nitrogens with zero attached hydrogens (tertiary/aromatic N) is 2. The molecular formula is C36H39Cl2N3O4S. The van der Waals surface area contributed by atoms with E-state index in [-0.39, 0.29) is 23.8 Å². The van der Waals surface area contributed by atoms with E-state index in [0.29, 0.717) is 39.8 Å². The summed E-state index contributed by atoms with van der Waals surface area (Å²) in [6.45, 7) is 7.26. The highest BCUT2D eigenvalue weighted by Gasteiger charge is 2.35. The monoisotopic (exact) mass is 679 g/mol. The van der Waals surface area contributed by atoms with Crippen molar-refractivity contribution in [1.29, 1.82) is 0 Å². The maximum absolute atomic E-state index is 14.6. The van der Waals surface area contributed by atoms with Crippen molar-refractivity contribution in [2.75, 3.05) is 17.4 Å². The molecule has 46 heavy (non-hydrogen) atoms. The highest BCUT2D eigenvalue weighted by Crippen LogP contribution is 2.31. The zero-order chi connectivity index (χ0) is 33.4. The molecule has 4 rings (SSSR count). The number of amides is 2. The van der Waals surface area contributed by atoms with E-state index in [2.05, 4.69) is 5.32 Å². The number of carbonyl (C=O) groups excluding carboxylic acids is 2. The van der Waals surface area contributed by atoms with Crippen LogP contribution in [0.1, 0.15) is 41.2 Å². The third kappa shape index (κ3) is 8.29. The topological polar surface area (TPSA) is 86.8 Å². The van der Waals surface area contributed by atoms with Gasteiger partial charge in [-0.1, -0.05) is 96.4 Å². The third-order valence-corrected chi connectivity index (χ3v) is 10.4. The van der Waals surface area contributed by atoms with Crippen LogP contribution in [0.5, 0.6) is 0 Å². The van der Waals surface area contributed by atoms with Crippen molar-refractivity contribution in [1.82, 2.24) is 10.2 Å². The van der Waals surface area contributed by atoms with Crippen LogP contribution in [-0.4, -0.2) is 44.3 Å². The van der Waals surface area contributed by atoms with Gasteiger partial charge >= 0.3 is 0 Å². The minimum Gasteiger partial charge on any atom is -0.354 e. The Labute approximate surface area is 282 Å². The van der Waals surface area contributed by atoms with Crippen LogP contribution in [0.25, 0.3) is 0 Å². The summed E-state index contributed by atoms with van der Waals surface area (Å²) in [5.41, 5.74) is 4.15. The molecule has 0 saturated carbocycles. The van der Waals surface area contributed by atoms with Crippen LogP contribution >= 0.6 is 23.2 Å². The van der Waals surface area contributed by atoms with Crippen molar-refractivity contribution >= 4 is 50.7 Å². The lowest BCUT2D eigenvalue weighted by Gasteiger charge is -2.34. The maximum atomic E-state index is 14.6. The highest BCUT2D eigenvalue weighted by molar-refractivity contribution is 7.92. The van der Waals surface area contributed by atoms with Crippen molar-refractivity contribution in [3.05, 3.63) is 129 Å². The molecule has 4 aromatic carbocycles. The van der Waals surface area contributed by atoms with E-state index >= 15 is 0 Å². The van der Waals surface area contributed by atoms with Crippen LogP contribution < -0.4 is 9.62 Å². The molecule has 0 aliphatic heterocycles. The summed E-state index contributed by atoms with van der Waals surface area (Å²) in [4.78, 5) is 29.9. The van der Waals surface area contributed by atoms with Gasteiger partial charge in [-0.05, 0) is 74.2 Å². The van der Waals surface area contributed by atoms with E-state index in [1.807, 2.05) is 64.1 Å². The summed E-state index contributed by atoms with van der Waals surface area (Å²) in [7, 11) is -4.21. The fraction of sp³-hybridized carbons (Fsp3) is 0.278. The minimum atomic E-state index is -4.21. The first-order chi connectivity index (χ1) is 21.9. The summed E-state index contributed by atoms with van der Waals surface area (Å²) in [5, 5.41) is 3.60. The molecule has 7 nitrogen and oxygen atoms in total. The summed E-state index contributed by atoms with van der Waals surface area (Å²) in [5.74, 6) is -0.943. The van der Waals surface area contributed by atoms with E-state index < -0.39 is 28.5 Å². The van der Waals surface area contributed by atoms with Crippen LogP contribution in [0.15, 0.2) is 95.9 Å². The molecule has 0 spiro atoms. The number of aryl methyl sites for hydroxylation is 2. The molecule has 1 N–H and O–H groups in total. The van der Waals surface area contributed by atoms with E-state index in [0.717, 1.165) is 21.0 Å². The average molecular weight is 681 g/mol. The number of benzene rings is 4. The van der Waals surface area contributed by atoms with Gasteiger partial charge in [0.05, 0.1) is 10.6 Å². The number of hydrogen-bond donors (Lipinski definition) is 1. The Bertz CT molecular complexity index is 1760. The second-order valence-electron chi connectivity index (χ2n) is 11.3. The molecule has 2 amide bonds. The Hall–Kier alpha value is -3.85. The summed E-state index contributed by atoms with van der Waals surface area (Å²) in [6, 6.07) is 25.3. The van der Waals surface area contributed by atoms with Gasteiger partial charge in [0.1, 0.15) is 12.6 Å². The normalized spacial score (nSPS) is 12.0. The zero-order valence-electron chi connectivity index (χ0n) is 26.5. The summed E-state index contributed by atoms with van der Waals surface area (Å²) < 4.78 is 29.7. The molecule has 0 bridgehead atoms. The number of anilines is 1. The minimum absolute atomic E-state index is 0.0500. The van der Waals surface area contributed by atoms with Crippen LogP contribution in [0.3, 0.4) is 0 Å². The lowest BCUT2D eigenvalue weighted by molar-refractivity contribution is -0.140. The van der Waals surface area contributed by atoms with Crippen LogP contribution in [0.2, 0.25) is 10.0 Å². The zero-order valence-corrected chi connectivity index (χ0v) is 28.8. The molecule has 1 unspecified atom stereocenters. The van der Waals surface area contributed by atoms with Crippen LogP contribution in [-0.2, 0) is 32.6 Å². The van der Waals surface area contributed by atoms with Gasteiger partial charge in [0, 0.05) is 35.1 Å². The molecule has 10 heteroatoms. The van der Waals surface area contributed by atoms with Gasteiger partial charge in [-0.15, -0.1) is 0 Å². The van der Waals surface area contributed by atoms with E-state index in [4.69, 9.17) is 23.2 Å². The predicted octanol–water partition coefficient (Wildman–Crippen LogP) is 7.28. The number of halogens is 2. The van der Waals surface area contributed by atoms with Crippen molar-refractivity contribution in [2.24, 2.45) is 0 Å². The van der Waals surface area contributed by atoms with Crippen LogP contribution in [0.4, 0.5) is 5.69 Å². The molecule has 0 saturated heterocycles. The first kappa shape index (κ1) is 35.0.